The smallest absolute Gasteiger partial charge is 0.00208 e. The van der Waals surface area contributed by atoms with Crippen LogP contribution in [0.4, 0.5) is 0 Å². The second-order valence-electron chi connectivity index (χ2n) is 6.17. The van der Waals surface area contributed by atoms with Gasteiger partial charge in [-0.1, -0.05) is 52.9 Å². The fourth-order valence-corrected chi connectivity index (χ4v) is 3.63. The average Bonchev–Trinajstić information content (AvgIpc) is 2.82. The minimum atomic E-state index is 0.913. The Morgan fingerprint density at radius 2 is 1.94 bits per heavy atom. The van der Waals surface area contributed by atoms with Gasteiger partial charge in [0, 0.05) is 0 Å². The van der Waals surface area contributed by atoms with Gasteiger partial charge in [-0.3, -0.25) is 0 Å². The third-order valence-electron chi connectivity index (χ3n) is 5.04. The van der Waals surface area contributed by atoms with Crippen LogP contribution in [-0.4, -0.2) is 13.6 Å². The van der Waals surface area contributed by atoms with E-state index >= 15 is 0 Å². The van der Waals surface area contributed by atoms with Crippen LogP contribution in [0.1, 0.15) is 65.7 Å². The Bertz CT molecular complexity index is 190. The van der Waals surface area contributed by atoms with Gasteiger partial charge in [-0.15, -0.1) is 0 Å². The summed E-state index contributed by atoms with van der Waals surface area (Å²) in [5, 5.41) is 3.43. The Balaban J connectivity index is 2.46. The summed E-state index contributed by atoms with van der Waals surface area (Å²) in [5.74, 6) is 3.87. The highest BCUT2D eigenvalue weighted by Crippen LogP contribution is 2.40. The largest absolute Gasteiger partial charge is 0.319 e. The predicted molar refractivity (Wildman–Crippen MR) is 77.2 cm³/mol. The van der Waals surface area contributed by atoms with Crippen molar-refractivity contribution in [1.29, 1.82) is 0 Å². The van der Waals surface area contributed by atoms with Crippen LogP contribution < -0.4 is 5.32 Å². The molecule has 0 aromatic rings. The number of nitrogens with one attached hydrogen (secondary N) is 1. The van der Waals surface area contributed by atoms with E-state index in [1.54, 1.807) is 0 Å². The lowest BCUT2D eigenvalue weighted by atomic mass is 9.79. The van der Waals surface area contributed by atoms with Crippen LogP contribution in [0, 0.1) is 23.7 Å². The summed E-state index contributed by atoms with van der Waals surface area (Å²) in [7, 11) is 2.12. The predicted octanol–water partition coefficient (Wildman–Crippen LogP) is 4.47. The molecule has 0 aliphatic heterocycles. The van der Waals surface area contributed by atoms with Crippen LogP contribution in [0.15, 0.2) is 0 Å². The molecule has 0 spiro atoms. The molecule has 0 aromatic heterocycles. The molecule has 4 atom stereocenters. The van der Waals surface area contributed by atoms with Gasteiger partial charge in [0.2, 0.25) is 0 Å². The molecule has 1 aliphatic rings. The van der Waals surface area contributed by atoms with E-state index in [0.717, 1.165) is 23.7 Å². The van der Waals surface area contributed by atoms with Gasteiger partial charge in [0.15, 0.2) is 0 Å². The minimum absolute atomic E-state index is 0.913. The molecule has 0 radical (unpaired) electrons. The van der Waals surface area contributed by atoms with Crippen molar-refractivity contribution in [1.82, 2.24) is 5.32 Å². The van der Waals surface area contributed by atoms with Gasteiger partial charge in [-0.2, -0.15) is 0 Å². The van der Waals surface area contributed by atoms with Crippen molar-refractivity contribution in [3.63, 3.8) is 0 Å². The molecule has 0 saturated heterocycles. The Hall–Kier alpha value is -0.0400. The van der Waals surface area contributed by atoms with Gasteiger partial charge < -0.3 is 5.32 Å². The second-order valence-corrected chi connectivity index (χ2v) is 6.17. The van der Waals surface area contributed by atoms with E-state index < -0.39 is 0 Å². The van der Waals surface area contributed by atoms with Crippen LogP contribution in [0.3, 0.4) is 0 Å². The Labute approximate surface area is 109 Å². The highest BCUT2D eigenvalue weighted by Gasteiger charge is 2.31. The Morgan fingerprint density at radius 3 is 2.53 bits per heavy atom. The zero-order valence-electron chi connectivity index (χ0n) is 12.5. The molecule has 0 heterocycles. The van der Waals surface area contributed by atoms with Crippen LogP contribution in [0.5, 0.6) is 0 Å². The molecule has 1 rings (SSSR count). The first-order valence-corrected chi connectivity index (χ1v) is 7.87. The van der Waals surface area contributed by atoms with Gasteiger partial charge >= 0.3 is 0 Å². The lowest BCUT2D eigenvalue weighted by Crippen LogP contribution is -2.28. The van der Waals surface area contributed by atoms with Crippen LogP contribution in [0.2, 0.25) is 0 Å². The molecule has 1 nitrogen and oxygen atoms in total. The maximum Gasteiger partial charge on any atom is -0.00208 e. The molecule has 102 valence electrons. The van der Waals surface area contributed by atoms with Gasteiger partial charge in [-0.25, -0.2) is 0 Å². The summed E-state index contributed by atoms with van der Waals surface area (Å²) in [6, 6.07) is 0. The lowest BCUT2D eigenvalue weighted by molar-refractivity contribution is 0.225. The highest BCUT2D eigenvalue weighted by molar-refractivity contribution is 4.83. The molecule has 2 unspecified atom stereocenters. The third kappa shape index (κ3) is 4.62. The molecule has 1 aliphatic carbocycles. The summed E-state index contributed by atoms with van der Waals surface area (Å²) in [4.78, 5) is 0. The monoisotopic (exact) mass is 239 g/mol. The standard InChI is InChI=1S/C16H33N/c1-5-13(3)10-11-15(12-17-4)16-9-7-8-14(16)6-2/h13-17H,5-12H2,1-4H3/t13?,14-,15+,16?/m1/s1. The van der Waals surface area contributed by atoms with Crippen molar-refractivity contribution < 1.29 is 0 Å². The molecule has 0 aromatic carbocycles. The molecule has 17 heavy (non-hydrogen) atoms. The number of hydrogen-bond acceptors (Lipinski definition) is 1. The van der Waals surface area contributed by atoms with Crippen LogP contribution in [0.25, 0.3) is 0 Å². The van der Waals surface area contributed by atoms with Crippen molar-refractivity contribution >= 4 is 0 Å². The Kier molecular flexibility index (Phi) is 7.18. The summed E-state index contributed by atoms with van der Waals surface area (Å²) < 4.78 is 0. The van der Waals surface area contributed by atoms with Crippen LogP contribution in [-0.2, 0) is 0 Å². The summed E-state index contributed by atoms with van der Waals surface area (Å²) in [6.07, 6.45) is 10.1. The molecule has 0 bridgehead atoms. The van der Waals surface area contributed by atoms with E-state index in [-0.39, 0.29) is 0 Å². The average molecular weight is 239 g/mol. The van der Waals surface area contributed by atoms with E-state index in [1.807, 2.05) is 0 Å². The molecular weight excluding hydrogens is 206 g/mol. The fourth-order valence-electron chi connectivity index (χ4n) is 3.63. The number of rotatable bonds is 8. The van der Waals surface area contributed by atoms with E-state index in [0.29, 0.717) is 0 Å². The maximum absolute atomic E-state index is 3.43. The Morgan fingerprint density at radius 1 is 1.18 bits per heavy atom. The van der Waals surface area contributed by atoms with Crippen molar-refractivity contribution in [2.24, 2.45) is 23.7 Å². The maximum atomic E-state index is 3.43. The van der Waals surface area contributed by atoms with Gasteiger partial charge in [0.1, 0.15) is 0 Å². The first-order chi connectivity index (χ1) is 8.22. The SMILES string of the molecule is CCC(C)CC[C@@H](CNC)C1CCC[C@H]1CC. The van der Waals surface area contributed by atoms with Crippen LogP contribution >= 0.6 is 0 Å². The minimum Gasteiger partial charge on any atom is -0.319 e. The summed E-state index contributed by atoms with van der Waals surface area (Å²) >= 11 is 0. The second kappa shape index (κ2) is 8.13. The molecule has 1 heteroatoms. The van der Waals surface area contributed by atoms with Crippen molar-refractivity contribution in [2.45, 2.75) is 65.7 Å². The zero-order valence-corrected chi connectivity index (χ0v) is 12.5. The third-order valence-corrected chi connectivity index (χ3v) is 5.04. The van der Waals surface area contributed by atoms with Crippen molar-refractivity contribution in [3.8, 4) is 0 Å². The van der Waals surface area contributed by atoms with Crippen molar-refractivity contribution in [3.05, 3.63) is 0 Å². The first kappa shape index (κ1) is 15.0. The van der Waals surface area contributed by atoms with E-state index in [4.69, 9.17) is 0 Å². The van der Waals surface area contributed by atoms with E-state index in [2.05, 4.69) is 33.1 Å². The zero-order chi connectivity index (χ0) is 12.7. The quantitative estimate of drug-likeness (QED) is 0.659. The molecule has 1 saturated carbocycles. The van der Waals surface area contributed by atoms with Gasteiger partial charge in [0.25, 0.3) is 0 Å². The van der Waals surface area contributed by atoms with Gasteiger partial charge in [-0.05, 0) is 50.1 Å². The summed E-state index contributed by atoms with van der Waals surface area (Å²) in [6.45, 7) is 8.34. The molecular formula is C16H33N. The molecule has 0 amide bonds. The van der Waals surface area contributed by atoms with E-state index in [1.165, 1.54) is 51.5 Å². The first-order valence-electron chi connectivity index (χ1n) is 7.87. The highest BCUT2D eigenvalue weighted by atomic mass is 14.8. The number of hydrogen-bond donors (Lipinski definition) is 1. The van der Waals surface area contributed by atoms with Crippen molar-refractivity contribution in [2.75, 3.05) is 13.6 Å². The molecule has 1 N–H and O–H groups in total. The van der Waals surface area contributed by atoms with Gasteiger partial charge in [0.05, 0.1) is 0 Å². The van der Waals surface area contributed by atoms with E-state index in [9.17, 15) is 0 Å². The summed E-state index contributed by atoms with van der Waals surface area (Å²) in [5.41, 5.74) is 0. The molecule has 1 fully saturated rings. The lowest BCUT2D eigenvalue weighted by Gasteiger charge is -2.29. The normalized spacial score (nSPS) is 28.2. The topological polar surface area (TPSA) is 12.0 Å². The fraction of sp³-hybridized carbons (Fsp3) is 1.00.